The van der Waals surface area contributed by atoms with Crippen molar-refractivity contribution in [2.45, 2.75) is 6.92 Å². The number of carbonyl (C=O) groups is 1. The fraction of sp³-hybridized carbons (Fsp3) is 0.188. The second kappa shape index (κ2) is 7.94. The van der Waals surface area contributed by atoms with Crippen LogP contribution in [0.5, 0.6) is 5.75 Å². The molecule has 1 atom stereocenters. The minimum Gasteiger partial charge on any atom is -0.494 e. The van der Waals surface area contributed by atoms with Crippen LogP contribution < -0.4 is 10.1 Å². The summed E-state index contributed by atoms with van der Waals surface area (Å²) in [6.45, 7) is 1.92. The van der Waals surface area contributed by atoms with Gasteiger partial charge in [-0.25, -0.2) is 14.8 Å². The van der Waals surface area contributed by atoms with E-state index in [1.165, 1.54) is 14.2 Å². The molecular formula is C16H15ClIN4O3P. The van der Waals surface area contributed by atoms with E-state index in [1.807, 2.05) is 11.3 Å². The number of hydrogen-bond acceptors (Lipinski definition) is 6. The molecule has 1 aromatic carbocycles. The fourth-order valence-electron chi connectivity index (χ4n) is 2.59. The van der Waals surface area contributed by atoms with E-state index >= 15 is 0 Å². The average molecular weight is 505 g/mol. The van der Waals surface area contributed by atoms with Gasteiger partial charge in [-0.15, -0.1) is 0 Å². The predicted octanol–water partition coefficient (Wildman–Crippen LogP) is 4.72. The first kappa shape index (κ1) is 19.1. The summed E-state index contributed by atoms with van der Waals surface area (Å²) in [4.78, 5) is 21.0. The lowest BCUT2D eigenvalue weighted by molar-refractivity contribution is 0.0597. The van der Waals surface area contributed by atoms with Crippen molar-refractivity contribution in [3.05, 3.63) is 40.8 Å². The first-order chi connectivity index (χ1) is 12.5. The maximum Gasteiger partial charge on any atom is 0.341 e. The van der Waals surface area contributed by atoms with Crippen LogP contribution in [-0.4, -0.2) is 34.5 Å². The predicted molar refractivity (Wildman–Crippen MR) is 113 cm³/mol. The van der Waals surface area contributed by atoms with Crippen molar-refractivity contribution >= 4 is 68.5 Å². The number of ether oxygens (including phenoxy) is 2. The van der Waals surface area contributed by atoms with Crippen LogP contribution in [0.2, 0.25) is 5.15 Å². The number of nitrogens with zero attached hydrogens (tertiary/aromatic N) is 3. The highest BCUT2D eigenvalue weighted by Gasteiger charge is 2.19. The molecule has 0 spiro atoms. The van der Waals surface area contributed by atoms with Crippen molar-refractivity contribution in [2.24, 2.45) is 0 Å². The van der Waals surface area contributed by atoms with Crippen LogP contribution in [0, 0.1) is 6.92 Å². The monoisotopic (exact) mass is 504 g/mol. The minimum atomic E-state index is -0.477. The number of aromatic nitrogens is 3. The van der Waals surface area contributed by atoms with Crippen LogP contribution in [0.4, 0.5) is 11.4 Å². The molecule has 1 N–H and O–H groups in total. The third-order valence-electron chi connectivity index (χ3n) is 3.73. The van der Waals surface area contributed by atoms with Crippen LogP contribution in [0.25, 0.3) is 11.2 Å². The summed E-state index contributed by atoms with van der Waals surface area (Å²) in [6, 6.07) is 6.88. The number of hydrogen-bond donors (Lipinski definition) is 1. The summed E-state index contributed by atoms with van der Waals surface area (Å²) in [5, 5.41) is 3.61. The highest BCUT2D eigenvalue weighted by molar-refractivity contribution is 14.2. The van der Waals surface area contributed by atoms with Crippen LogP contribution in [0.3, 0.4) is 0 Å². The molecule has 26 heavy (non-hydrogen) atoms. The van der Waals surface area contributed by atoms with Crippen molar-refractivity contribution < 1.29 is 14.3 Å². The zero-order valence-electron chi connectivity index (χ0n) is 14.1. The molecule has 0 radical (unpaired) electrons. The molecule has 0 aliphatic heterocycles. The van der Waals surface area contributed by atoms with Crippen molar-refractivity contribution in [2.75, 3.05) is 19.5 Å². The number of benzene rings is 1. The molecule has 3 rings (SSSR count). The maximum absolute atomic E-state index is 12.0. The Morgan fingerprint density at radius 2 is 2.08 bits per heavy atom. The van der Waals surface area contributed by atoms with Crippen LogP contribution in [0.1, 0.15) is 16.2 Å². The number of methoxy groups -OCH3 is 2. The lowest BCUT2D eigenvalue weighted by atomic mass is 10.1. The minimum absolute atomic E-state index is 0.326. The third-order valence-corrected chi connectivity index (χ3v) is 6.08. The number of pyridine rings is 1. The Hall–Kier alpha value is -1.64. The third kappa shape index (κ3) is 3.45. The van der Waals surface area contributed by atoms with Gasteiger partial charge in [-0.05, 0) is 41.1 Å². The molecule has 2 aromatic heterocycles. The van der Waals surface area contributed by atoms with Gasteiger partial charge in [0.2, 0.25) is 0 Å². The molecule has 0 saturated heterocycles. The van der Waals surface area contributed by atoms with E-state index in [0.717, 1.165) is 5.82 Å². The Morgan fingerprint density at radius 3 is 2.73 bits per heavy atom. The number of carbonyl (C=O) groups excluding carboxylic acids is 1. The van der Waals surface area contributed by atoms with Crippen molar-refractivity contribution in [3.63, 3.8) is 0 Å². The van der Waals surface area contributed by atoms with Crippen LogP contribution in [-0.2, 0) is 4.74 Å². The Morgan fingerprint density at radius 1 is 1.31 bits per heavy atom. The van der Waals surface area contributed by atoms with Gasteiger partial charge in [0.15, 0.2) is 11.4 Å². The summed E-state index contributed by atoms with van der Waals surface area (Å²) in [6.07, 6.45) is 0.449. The molecular weight excluding hydrogens is 490 g/mol. The summed E-state index contributed by atoms with van der Waals surface area (Å²) in [7, 11) is 2.83. The number of nitrogens with one attached hydrogen (secondary N) is 1. The highest BCUT2D eigenvalue weighted by Crippen LogP contribution is 2.37. The van der Waals surface area contributed by atoms with Gasteiger partial charge in [0.25, 0.3) is 0 Å². The summed E-state index contributed by atoms with van der Waals surface area (Å²) in [5.41, 5.74) is 3.00. The lowest BCUT2D eigenvalue weighted by Crippen LogP contribution is -2.06. The van der Waals surface area contributed by atoms with E-state index < -0.39 is 5.97 Å². The number of imidazole rings is 1. The first-order valence-electron chi connectivity index (χ1n) is 7.44. The number of esters is 1. The standard InChI is InChI=1S/C16H15ClIN4O3P/c1-8-19-13-11(7-12(17)21-15(13)22(8)26-18)20-10-6-4-5-9(14(10)24-2)16(23)25-3/h4-7,26H,1-3H3,(H,20,21). The van der Waals surface area contributed by atoms with E-state index in [-0.39, 0.29) is 0 Å². The van der Waals surface area contributed by atoms with Gasteiger partial charge in [0.05, 0.1) is 32.0 Å². The molecule has 3 aromatic rings. The average Bonchev–Trinajstić information content (AvgIpc) is 2.95. The molecule has 0 fully saturated rings. The fourth-order valence-corrected chi connectivity index (χ4v) is 4.92. The Labute approximate surface area is 169 Å². The van der Waals surface area contributed by atoms with E-state index in [4.69, 9.17) is 21.1 Å². The van der Waals surface area contributed by atoms with Crippen molar-refractivity contribution in [3.8, 4) is 5.75 Å². The number of anilines is 2. The quantitative estimate of drug-likeness (QED) is 0.234. The van der Waals surface area contributed by atoms with Crippen molar-refractivity contribution in [1.29, 1.82) is 0 Å². The number of halogens is 2. The van der Waals surface area contributed by atoms with E-state index in [2.05, 4.69) is 37.3 Å². The van der Waals surface area contributed by atoms with E-state index in [1.54, 1.807) is 24.3 Å². The molecule has 1 unspecified atom stereocenters. The molecule has 10 heteroatoms. The molecule has 0 aliphatic carbocycles. The zero-order valence-corrected chi connectivity index (χ0v) is 18.0. The van der Waals surface area contributed by atoms with E-state index in [0.29, 0.717) is 45.4 Å². The first-order valence-corrected chi connectivity index (χ1v) is 11.9. The van der Waals surface area contributed by atoms with Crippen LogP contribution in [0.15, 0.2) is 24.3 Å². The molecule has 7 nitrogen and oxygen atoms in total. The van der Waals surface area contributed by atoms with Gasteiger partial charge in [0, 0.05) is 6.07 Å². The van der Waals surface area contributed by atoms with Gasteiger partial charge in [-0.3, -0.25) is 4.34 Å². The second-order valence-corrected chi connectivity index (χ2v) is 7.70. The molecule has 0 saturated carbocycles. The van der Waals surface area contributed by atoms with Gasteiger partial charge >= 0.3 is 5.97 Å². The van der Waals surface area contributed by atoms with Crippen LogP contribution >= 0.6 is 40.0 Å². The van der Waals surface area contributed by atoms with Crippen molar-refractivity contribution in [1.82, 2.24) is 14.3 Å². The van der Waals surface area contributed by atoms with Gasteiger partial charge < -0.3 is 14.8 Å². The Kier molecular flexibility index (Phi) is 5.84. The summed E-state index contributed by atoms with van der Waals surface area (Å²) in [5.74, 6) is 0.753. The number of fused-ring (bicyclic) bond motifs is 1. The second-order valence-electron chi connectivity index (χ2n) is 5.25. The lowest BCUT2D eigenvalue weighted by Gasteiger charge is -2.14. The normalized spacial score (nSPS) is 11.3. The molecule has 0 bridgehead atoms. The zero-order chi connectivity index (χ0) is 18.8. The number of aryl methyl sites for hydroxylation is 1. The van der Waals surface area contributed by atoms with Gasteiger partial charge in [0.1, 0.15) is 22.1 Å². The summed E-state index contributed by atoms with van der Waals surface area (Å²) >= 11 is 8.48. The van der Waals surface area contributed by atoms with Gasteiger partial charge in [-0.2, -0.15) is 0 Å². The Balaban J connectivity index is 2.14. The smallest absolute Gasteiger partial charge is 0.341 e. The number of para-hydroxylation sites is 1. The van der Waals surface area contributed by atoms with E-state index in [9.17, 15) is 4.79 Å². The highest BCUT2D eigenvalue weighted by atomic mass is 127. The topological polar surface area (TPSA) is 78.3 Å². The molecule has 0 aliphatic rings. The number of rotatable bonds is 5. The summed E-state index contributed by atoms with van der Waals surface area (Å²) < 4.78 is 12.2. The molecule has 136 valence electrons. The Bertz CT molecular complexity index is 995. The molecule has 0 amide bonds. The molecule has 2 heterocycles. The SMILES string of the molecule is COC(=O)c1cccc(Nc2cc(Cl)nc3c2nc(C)n3PI)c1OC. The maximum atomic E-state index is 12.0. The largest absolute Gasteiger partial charge is 0.494 e. The van der Waals surface area contributed by atoms with Gasteiger partial charge in [-0.1, -0.05) is 17.7 Å².